The predicted octanol–water partition coefficient (Wildman–Crippen LogP) is 0.927. The zero-order chi connectivity index (χ0) is 12.3. The lowest BCUT2D eigenvalue weighted by Crippen LogP contribution is -2.47. The molecule has 0 bridgehead atoms. The minimum absolute atomic E-state index is 0.0173. The number of hydrogen-bond acceptors (Lipinski definition) is 3. The van der Waals surface area contributed by atoms with Crippen LogP contribution in [-0.2, 0) is 4.79 Å². The molecular weight excluding hydrogens is 222 g/mol. The van der Waals surface area contributed by atoms with Gasteiger partial charge in [0, 0.05) is 6.20 Å². The van der Waals surface area contributed by atoms with Crippen molar-refractivity contribution in [1.82, 2.24) is 15.5 Å². The molecule has 6 nitrogen and oxygen atoms in total. The molecule has 1 aromatic rings. The topological polar surface area (TPSA) is 95.1 Å². The molecule has 0 unspecified atom stereocenters. The Bertz CT molecular complexity index is 408. The van der Waals surface area contributed by atoms with Crippen LogP contribution >= 0.6 is 0 Å². The fraction of sp³-hybridized carbons (Fsp3) is 0.545. The van der Waals surface area contributed by atoms with Gasteiger partial charge in [0.2, 0.25) is 0 Å². The molecule has 1 saturated carbocycles. The highest BCUT2D eigenvalue weighted by atomic mass is 16.4. The van der Waals surface area contributed by atoms with E-state index in [-0.39, 0.29) is 12.3 Å². The number of rotatable bonds is 4. The van der Waals surface area contributed by atoms with Crippen LogP contribution in [0.15, 0.2) is 12.4 Å². The lowest BCUT2D eigenvalue weighted by Gasteiger charge is -2.28. The number of aromatic nitrogens is 2. The molecule has 92 valence electrons. The lowest BCUT2D eigenvalue weighted by atomic mass is 9.93. The molecule has 0 radical (unpaired) electrons. The first-order valence-corrected chi connectivity index (χ1v) is 5.64. The second-order valence-corrected chi connectivity index (χ2v) is 4.50. The maximum atomic E-state index is 11.9. The normalized spacial score (nSPS) is 17.9. The van der Waals surface area contributed by atoms with Crippen molar-refractivity contribution in [3.63, 3.8) is 0 Å². The van der Waals surface area contributed by atoms with E-state index in [4.69, 9.17) is 5.11 Å². The molecule has 0 aromatic carbocycles. The van der Waals surface area contributed by atoms with E-state index in [1.165, 1.54) is 12.4 Å². The first kappa shape index (κ1) is 11.6. The smallest absolute Gasteiger partial charge is 0.305 e. The third kappa shape index (κ3) is 2.64. The molecule has 0 spiro atoms. The van der Waals surface area contributed by atoms with E-state index in [2.05, 4.69) is 15.5 Å². The summed E-state index contributed by atoms with van der Waals surface area (Å²) in [5, 5.41) is 18.0. The molecule has 17 heavy (non-hydrogen) atoms. The van der Waals surface area contributed by atoms with Crippen molar-refractivity contribution in [2.75, 3.05) is 0 Å². The Morgan fingerprint density at radius 3 is 2.71 bits per heavy atom. The fourth-order valence-corrected chi connectivity index (χ4v) is 2.38. The van der Waals surface area contributed by atoms with Gasteiger partial charge in [-0.15, -0.1) is 0 Å². The van der Waals surface area contributed by atoms with Crippen molar-refractivity contribution < 1.29 is 14.7 Å². The number of nitrogens with zero attached hydrogens (tertiary/aromatic N) is 1. The van der Waals surface area contributed by atoms with E-state index < -0.39 is 11.5 Å². The Morgan fingerprint density at radius 2 is 2.18 bits per heavy atom. The van der Waals surface area contributed by atoms with Crippen LogP contribution in [0.25, 0.3) is 0 Å². The maximum Gasteiger partial charge on any atom is 0.305 e. The number of H-pyrrole nitrogens is 1. The Morgan fingerprint density at radius 1 is 1.47 bits per heavy atom. The van der Waals surface area contributed by atoms with Crippen molar-refractivity contribution in [1.29, 1.82) is 0 Å². The highest BCUT2D eigenvalue weighted by Gasteiger charge is 2.37. The number of aromatic amines is 1. The minimum atomic E-state index is -0.876. The average molecular weight is 237 g/mol. The molecule has 1 aliphatic rings. The molecule has 0 saturated heterocycles. The number of aliphatic carboxylic acids is 1. The second-order valence-electron chi connectivity index (χ2n) is 4.50. The van der Waals surface area contributed by atoms with Gasteiger partial charge in [-0.1, -0.05) is 12.8 Å². The van der Waals surface area contributed by atoms with Gasteiger partial charge in [0.05, 0.1) is 23.7 Å². The molecule has 0 aliphatic heterocycles. The number of hydrogen-bond donors (Lipinski definition) is 3. The summed E-state index contributed by atoms with van der Waals surface area (Å²) in [6, 6.07) is 0. The van der Waals surface area contributed by atoms with Crippen LogP contribution in [-0.4, -0.2) is 32.7 Å². The van der Waals surface area contributed by atoms with Crippen LogP contribution in [0.5, 0.6) is 0 Å². The fourth-order valence-electron chi connectivity index (χ4n) is 2.38. The van der Waals surface area contributed by atoms with Crippen LogP contribution in [0, 0.1) is 0 Å². The van der Waals surface area contributed by atoms with Crippen molar-refractivity contribution in [3.05, 3.63) is 18.0 Å². The average Bonchev–Trinajstić information content (AvgIpc) is 2.86. The largest absolute Gasteiger partial charge is 0.481 e. The predicted molar refractivity (Wildman–Crippen MR) is 59.5 cm³/mol. The number of carboxylic acids is 1. The molecule has 3 N–H and O–H groups in total. The molecule has 1 fully saturated rings. The van der Waals surface area contributed by atoms with Gasteiger partial charge in [0.25, 0.3) is 5.91 Å². The second kappa shape index (κ2) is 4.57. The summed E-state index contributed by atoms with van der Waals surface area (Å²) < 4.78 is 0. The summed E-state index contributed by atoms with van der Waals surface area (Å²) in [5.74, 6) is -1.14. The van der Waals surface area contributed by atoms with Crippen LogP contribution in [0.2, 0.25) is 0 Å². The molecule has 0 atom stereocenters. The van der Waals surface area contributed by atoms with Gasteiger partial charge in [-0.2, -0.15) is 5.10 Å². The third-order valence-corrected chi connectivity index (χ3v) is 3.19. The zero-order valence-electron chi connectivity index (χ0n) is 9.40. The molecule has 1 aromatic heterocycles. The Labute approximate surface area is 98.4 Å². The van der Waals surface area contributed by atoms with E-state index in [0.717, 1.165) is 25.7 Å². The molecule has 1 aliphatic carbocycles. The van der Waals surface area contributed by atoms with Crippen LogP contribution in [0.1, 0.15) is 42.5 Å². The standard InChI is InChI=1S/C11H15N3O3/c15-9(16)5-11(3-1-2-4-11)14-10(17)8-6-12-13-7-8/h6-7H,1-5H2,(H,12,13)(H,14,17)(H,15,16). The minimum Gasteiger partial charge on any atom is -0.481 e. The first-order valence-electron chi connectivity index (χ1n) is 5.64. The molecule has 1 amide bonds. The van der Waals surface area contributed by atoms with Gasteiger partial charge in [-0.25, -0.2) is 0 Å². The molecule has 1 heterocycles. The first-order chi connectivity index (χ1) is 8.11. The summed E-state index contributed by atoms with van der Waals surface area (Å²) in [6.07, 6.45) is 6.28. The van der Waals surface area contributed by atoms with E-state index in [1.54, 1.807) is 0 Å². The van der Waals surface area contributed by atoms with Gasteiger partial charge in [0.15, 0.2) is 0 Å². The molecule has 2 rings (SSSR count). The van der Waals surface area contributed by atoms with E-state index >= 15 is 0 Å². The van der Waals surface area contributed by atoms with Gasteiger partial charge in [-0.3, -0.25) is 14.7 Å². The summed E-state index contributed by atoms with van der Waals surface area (Å²) in [6.45, 7) is 0. The maximum absolute atomic E-state index is 11.9. The molecular formula is C11H15N3O3. The zero-order valence-corrected chi connectivity index (χ0v) is 9.40. The van der Waals surface area contributed by atoms with Gasteiger partial charge < -0.3 is 10.4 Å². The summed E-state index contributed by atoms with van der Waals surface area (Å²) in [4.78, 5) is 22.7. The van der Waals surface area contributed by atoms with Crippen molar-refractivity contribution >= 4 is 11.9 Å². The number of nitrogens with one attached hydrogen (secondary N) is 2. The van der Waals surface area contributed by atoms with Crippen molar-refractivity contribution in [3.8, 4) is 0 Å². The highest BCUT2D eigenvalue weighted by molar-refractivity contribution is 5.94. The summed E-state index contributed by atoms with van der Waals surface area (Å²) >= 11 is 0. The van der Waals surface area contributed by atoms with Crippen LogP contribution in [0.4, 0.5) is 0 Å². The number of carbonyl (C=O) groups is 2. The van der Waals surface area contributed by atoms with E-state index in [0.29, 0.717) is 5.56 Å². The summed E-state index contributed by atoms with van der Waals surface area (Å²) in [7, 11) is 0. The molecule has 6 heteroatoms. The van der Waals surface area contributed by atoms with Crippen molar-refractivity contribution in [2.24, 2.45) is 0 Å². The Balaban J connectivity index is 2.08. The lowest BCUT2D eigenvalue weighted by molar-refractivity contribution is -0.138. The van der Waals surface area contributed by atoms with Gasteiger partial charge >= 0.3 is 5.97 Å². The Kier molecular flexibility index (Phi) is 3.12. The van der Waals surface area contributed by atoms with Gasteiger partial charge in [-0.05, 0) is 12.8 Å². The highest BCUT2D eigenvalue weighted by Crippen LogP contribution is 2.32. The van der Waals surface area contributed by atoms with E-state index in [9.17, 15) is 9.59 Å². The summed E-state index contributed by atoms with van der Waals surface area (Å²) in [5.41, 5.74) is -0.151. The quantitative estimate of drug-likeness (QED) is 0.725. The number of carbonyl (C=O) groups excluding carboxylic acids is 1. The Hall–Kier alpha value is -1.85. The monoisotopic (exact) mass is 237 g/mol. The van der Waals surface area contributed by atoms with E-state index in [1.807, 2.05) is 0 Å². The van der Waals surface area contributed by atoms with Crippen molar-refractivity contribution in [2.45, 2.75) is 37.6 Å². The van der Waals surface area contributed by atoms with Crippen LogP contribution in [0.3, 0.4) is 0 Å². The van der Waals surface area contributed by atoms with Gasteiger partial charge in [0.1, 0.15) is 0 Å². The number of amides is 1. The van der Waals surface area contributed by atoms with Crippen LogP contribution < -0.4 is 5.32 Å². The third-order valence-electron chi connectivity index (χ3n) is 3.19. The number of carboxylic acid groups (broad SMARTS) is 1. The SMILES string of the molecule is O=C(O)CC1(NC(=O)c2cn[nH]c2)CCCC1.